The Kier molecular flexibility index (Phi) is 1.96. The Morgan fingerprint density at radius 3 is 3.00 bits per heavy atom. The average molecular weight is 208 g/mol. The SMILES string of the molecule is CN1N=NC2=C(C(N)=O)CN=CN2C1=O. The monoisotopic (exact) mass is 208 g/mol. The van der Waals surface area contributed by atoms with Crippen molar-refractivity contribution in [1.82, 2.24) is 9.91 Å². The van der Waals surface area contributed by atoms with Crippen molar-refractivity contribution >= 4 is 18.3 Å². The first kappa shape index (κ1) is 9.31. The first-order chi connectivity index (χ1) is 7.11. The zero-order valence-corrected chi connectivity index (χ0v) is 7.91. The maximum Gasteiger partial charge on any atom is 0.352 e. The van der Waals surface area contributed by atoms with E-state index in [-0.39, 0.29) is 17.9 Å². The summed E-state index contributed by atoms with van der Waals surface area (Å²) in [5.74, 6) is -0.497. The highest BCUT2D eigenvalue weighted by atomic mass is 16.2. The fourth-order valence-electron chi connectivity index (χ4n) is 1.22. The first-order valence-electron chi connectivity index (χ1n) is 4.12. The smallest absolute Gasteiger partial charge is 0.352 e. The van der Waals surface area contributed by atoms with Gasteiger partial charge in [0.1, 0.15) is 6.34 Å². The number of hydrogen-bond acceptors (Lipinski definition) is 5. The van der Waals surface area contributed by atoms with Gasteiger partial charge in [0.25, 0.3) is 0 Å². The van der Waals surface area contributed by atoms with Gasteiger partial charge in [-0.15, -0.1) is 5.11 Å². The molecule has 0 radical (unpaired) electrons. The van der Waals surface area contributed by atoms with Crippen molar-refractivity contribution in [3.63, 3.8) is 0 Å². The van der Waals surface area contributed by atoms with Crippen LogP contribution in [-0.2, 0) is 4.79 Å². The fourth-order valence-corrected chi connectivity index (χ4v) is 1.22. The van der Waals surface area contributed by atoms with Crippen molar-refractivity contribution in [2.75, 3.05) is 13.6 Å². The quantitative estimate of drug-likeness (QED) is 0.625. The fraction of sp³-hybridized carbons (Fsp3) is 0.286. The lowest BCUT2D eigenvalue weighted by Crippen LogP contribution is -2.42. The van der Waals surface area contributed by atoms with Crippen LogP contribution in [0, 0.1) is 0 Å². The third-order valence-corrected chi connectivity index (χ3v) is 2.00. The summed E-state index contributed by atoms with van der Waals surface area (Å²) < 4.78 is 0. The molecule has 0 saturated heterocycles. The van der Waals surface area contributed by atoms with Gasteiger partial charge in [-0.1, -0.05) is 5.22 Å². The number of primary amides is 1. The minimum absolute atomic E-state index is 0.122. The highest BCUT2D eigenvalue weighted by Gasteiger charge is 2.31. The first-order valence-corrected chi connectivity index (χ1v) is 4.12. The van der Waals surface area contributed by atoms with Gasteiger partial charge in [0.05, 0.1) is 12.1 Å². The Morgan fingerprint density at radius 1 is 1.60 bits per heavy atom. The van der Waals surface area contributed by atoms with E-state index in [1.54, 1.807) is 0 Å². The summed E-state index contributed by atoms with van der Waals surface area (Å²) >= 11 is 0. The van der Waals surface area contributed by atoms with Crippen LogP contribution in [0.3, 0.4) is 0 Å². The summed E-state index contributed by atoms with van der Waals surface area (Å²) in [5, 5.41) is 8.34. The molecule has 0 saturated carbocycles. The molecule has 78 valence electrons. The standard InChI is InChI=1S/C7H8N6O2/c1-12-7(15)13-3-9-2-4(5(8)14)6(13)10-11-12/h3H,2H2,1H3,(H2,8,14). The van der Waals surface area contributed by atoms with E-state index in [1.807, 2.05) is 0 Å². The molecule has 8 nitrogen and oxygen atoms in total. The summed E-state index contributed by atoms with van der Waals surface area (Å²) in [6.45, 7) is 0.122. The van der Waals surface area contributed by atoms with E-state index in [0.29, 0.717) is 0 Å². The zero-order valence-electron chi connectivity index (χ0n) is 7.91. The van der Waals surface area contributed by atoms with E-state index < -0.39 is 11.9 Å². The van der Waals surface area contributed by atoms with Crippen molar-refractivity contribution in [3.8, 4) is 0 Å². The highest BCUT2D eigenvalue weighted by Crippen LogP contribution is 2.21. The topological polar surface area (TPSA) is 104 Å². The lowest BCUT2D eigenvalue weighted by atomic mass is 10.2. The Balaban J connectivity index is 2.50. The summed E-state index contributed by atoms with van der Waals surface area (Å²) in [7, 11) is 1.45. The van der Waals surface area contributed by atoms with Crippen LogP contribution in [0.1, 0.15) is 0 Å². The molecule has 0 aromatic heterocycles. The lowest BCUT2D eigenvalue weighted by molar-refractivity contribution is -0.114. The molecule has 2 aliphatic heterocycles. The van der Waals surface area contributed by atoms with Gasteiger partial charge in [-0.25, -0.2) is 9.69 Å². The Morgan fingerprint density at radius 2 is 2.33 bits per heavy atom. The summed E-state index contributed by atoms with van der Waals surface area (Å²) in [4.78, 5) is 27.6. The predicted molar refractivity (Wildman–Crippen MR) is 49.4 cm³/mol. The summed E-state index contributed by atoms with van der Waals surface area (Å²) in [6.07, 6.45) is 1.30. The molecule has 3 amide bonds. The molecule has 2 rings (SSSR count). The van der Waals surface area contributed by atoms with Crippen LogP contribution in [0.15, 0.2) is 26.7 Å². The molecule has 2 heterocycles. The molecule has 0 aliphatic carbocycles. The normalized spacial score (nSPS) is 19.7. The van der Waals surface area contributed by atoms with E-state index >= 15 is 0 Å². The van der Waals surface area contributed by atoms with Gasteiger partial charge < -0.3 is 5.73 Å². The van der Waals surface area contributed by atoms with E-state index in [4.69, 9.17) is 5.73 Å². The van der Waals surface area contributed by atoms with Gasteiger partial charge in [0.15, 0.2) is 5.82 Å². The van der Waals surface area contributed by atoms with Gasteiger partial charge in [-0.05, 0) is 0 Å². The minimum Gasteiger partial charge on any atom is -0.366 e. The number of carbonyl (C=O) groups excluding carboxylic acids is 2. The number of urea groups is 1. The van der Waals surface area contributed by atoms with Gasteiger partial charge in [-0.2, -0.15) is 5.01 Å². The van der Waals surface area contributed by atoms with Crippen molar-refractivity contribution < 1.29 is 9.59 Å². The maximum absolute atomic E-state index is 11.5. The van der Waals surface area contributed by atoms with E-state index in [2.05, 4.69) is 15.3 Å². The Bertz CT molecular complexity index is 423. The van der Waals surface area contributed by atoms with Crippen LogP contribution in [0.2, 0.25) is 0 Å². The molecule has 0 aromatic rings. The predicted octanol–water partition coefficient (Wildman–Crippen LogP) is -0.540. The number of rotatable bonds is 1. The summed E-state index contributed by atoms with van der Waals surface area (Å²) in [6, 6.07) is -0.429. The van der Waals surface area contributed by atoms with E-state index in [1.165, 1.54) is 13.4 Å². The Labute approximate surface area is 84.7 Å². The molecule has 8 heteroatoms. The van der Waals surface area contributed by atoms with Crippen LogP contribution in [-0.4, -0.2) is 41.8 Å². The molecule has 0 fully saturated rings. The molecule has 0 aromatic carbocycles. The van der Waals surface area contributed by atoms with E-state index in [9.17, 15) is 9.59 Å². The van der Waals surface area contributed by atoms with Crippen LogP contribution in [0.5, 0.6) is 0 Å². The number of hydrogen-bond donors (Lipinski definition) is 1. The Hall–Kier alpha value is -2.25. The second-order valence-corrected chi connectivity index (χ2v) is 2.99. The molecular formula is C7H8N6O2. The number of aliphatic imine (C=N–C) groups is 1. The molecule has 2 N–H and O–H groups in total. The third kappa shape index (κ3) is 1.35. The van der Waals surface area contributed by atoms with Gasteiger partial charge in [0.2, 0.25) is 5.91 Å². The van der Waals surface area contributed by atoms with Crippen LogP contribution in [0.25, 0.3) is 0 Å². The van der Waals surface area contributed by atoms with Crippen LogP contribution in [0.4, 0.5) is 4.79 Å². The second kappa shape index (κ2) is 3.15. The molecule has 0 bridgehead atoms. The lowest BCUT2D eigenvalue weighted by Gasteiger charge is -2.27. The van der Waals surface area contributed by atoms with Crippen molar-refractivity contribution in [2.45, 2.75) is 0 Å². The minimum atomic E-state index is -0.650. The molecule has 2 aliphatic rings. The zero-order chi connectivity index (χ0) is 11.0. The number of amides is 3. The highest BCUT2D eigenvalue weighted by molar-refractivity contribution is 5.98. The number of nitrogens with zero attached hydrogens (tertiary/aromatic N) is 5. The molecule has 0 unspecified atom stereocenters. The van der Waals surface area contributed by atoms with Crippen molar-refractivity contribution in [2.24, 2.45) is 21.1 Å². The van der Waals surface area contributed by atoms with Crippen molar-refractivity contribution in [1.29, 1.82) is 0 Å². The largest absolute Gasteiger partial charge is 0.366 e. The van der Waals surface area contributed by atoms with E-state index in [0.717, 1.165) is 9.91 Å². The van der Waals surface area contributed by atoms with Crippen molar-refractivity contribution in [3.05, 3.63) is 11.4 Å². The number of nitrogens with two attached hydrogens (primary N) is 1. The summed E-state index contributed by atoms with van der Waals surface area (Å²) in [5.41, 5.74) is 5.31. The van der Waals surface area contributed by atoms with Gasteiger partial charge in [-0.3, -0.25) is 9.79 Å². The van der Waals surface area contributed by atoms with Gasteiger partial charge >= 0.3 is 6.03 Å². The van der Waals surface area contributed by atoms with Gasteiger partial charge in [0, 0.05) is 7.05 Å². The molecule has 0 atom stereocenters. The molecule has 15 heavy (non-hydrogen) atoms. The molecular weight excluding hydrogens is 200 g/mol. The van der Waals surface area contributed by atoms with Crippen LogP contribution < -0.4 is 5.73 Å². The van der Waals surface area contributed by atoms with Crippen LogP contribution >= 0.6 is 0 Å². The number of carbonyl (C=O) groups is 2. The average Bonchev–Trinajstić information content (AvgIpc) is 2.23. The molecule has 0 spiro atoms. The number of fused-ring (bicyclic) bond motifs is 1. The third-order valence-electron chi connectivity index (χ3n) is 2.00. The maximum atomic E-state index is 11.5. The second-order valence-electron chi connectivity index (χ2n) is 2.99.